The van der Waals surface area contributed by atoms with Gasteiger partial charge in [0.15, 0.2) is 0 Å². The highest BCUT2D eigenvalue weighted by molar-refractivity contribution is 5.92. The van der Waals surface area contributed by atoms with Crippen molar-refractivity contribution in [2.24, 2.45) is 18.9 Å². The predicted molar refractivity (Wildman–Crippen MR) is 114 cm³/mol. The quantitative estimate of drug-likeness (QED) is 0.721. The van der Waals surface area contributed by atoms with E-state index < -0.39 is 0 Å². The average molecular weight is 393 g/mol. The minimum atomic E-state index is -0.0106. The third-order valence-corrected chi connectivity index (χ3v) is 5.36. The average Bonchev–Trinajstić information content (AvgIpc) is 3.13. The molecule has 0 bridgehead atoms. The zero-order valence-electron chi connectivity index (χ0n) is 17.3. The number of nitrogens with zero attached hydrogens (tertiary/aromatic N) is 5. The molecule has 0 spiro atoms. The molecule has 1 aromatic carbocycles. The summed E-state index contributed by atoms with van der Waals surface area (Å²) in [7, 11) is 1.90. The standard InChI is InChI=1S/C22H28N6O/c1-15(2)12-28-8-4-5-18(14-28)21(29)26-22-23-10-17-7-6-16(9-20(17)25-22)19-11-24-27(3)13-19/h6-7,9-11,13,15,18H,4-5,8,12,14H2,1-3H3,(H,23,25,26,29)/t18-/m1/s1. The number of hydrogen-bond donors (Lipinski definition) is 1. The van der Waals surface area contributed by atoms with Gasteiger partial charge in [-0.05, 0) is 36.9 Å². The number of hydrogen-bond acceptors (Lipinski definition) is 5. The van der Waals surface area contributed by atoms with Crippen LogP contribution in [0.4, 0.5) is 5.95 Å². The maximum absolute atomic E-state index is 12.8. The lowest BCUT2D eigenvalue weighted by Crippen LogP contribution is -2.42. The third-order valence-electron chi connectivity index (χ3n) is 5.36. The lowest BCUT2D eigenvalue weighted by atomic mass is 9.96. The molecule has 0 saturated carbocycles. The number of carbonyl (C=O) groups is 1. The van der Waals surface area contributed by atoms with E-state index >= 15 is 0 Å². The molecule has 3 heterocycles. The molecule has 1 aliphatic heterocycles. The number of fused-ring (bicyclic) bond motifs is 1. The maximum atomic E-state index is 12.8. The number of benzene rings is 1. The van der Waals surface area contributed by atoms with Gasteiger partial charge < -0.3 is 4.90 Å². The van der Waals surface area contributed by atoms with E-state index in [-0.39, 0.29) is 11.8 Å². The second-order valence-electron chi connectivity index (χ2n) is 8.35. The first-order chi connectivity index (χ1) is 14.0. The summed E-state index contributed by atoms with van der Waals surface area (Å²) in [6.45, 7) is 7.35. The van der Waals surface area contributed by atoms with Gasteiger partial charge in [-0.15, -0.1) is 0 Å². The van der Waals surface area contributed by atoms with Gasteiger partial charge in [0.05, 0.1) is 17.6 Å². The van der Waals surface area contributed by atoms with Crippen molar-refractivity contribution in [2.45, 2.75) is 26.7 Å². The topological polar surface area (TPSA) is 75.9 Å². The van der Waals surface area contributed by atoms with E-state index in [9.17, 15) is 4.79 Å². The molecule has 3 aromatic rings. The van der Waals surface area contributed by atoms with Crippen LogP contribution in [0, 0.1) is 11.8 Å². The molecule has 4 rings (SSSR count). The van der Waals surface area contributed by atoms with Crippen LogP contribution in [0.3, 0.4) is 0 Å². The number of likely N-dealkylation sites (tertiary alicyclic amines) is 1. The number of aromatic nitrogens is 4. The smallest absolute Gasteiger partial charge is 0.231 e. The SMILES string of the molecule is CC(C)CN1CCC[C@@H](C(=O)Nc2ncc3ccc(-c4cnn(C)c4)cc3n2)C1. The highest BCUT2D eigenvalue weighted by Crippen LogP contribution is 2.24. The van der Waals surface area contributed by atoms with Crippen LogP contribution in [0.5, 0.6) is 0 Å². The van der Waals surface area contributed by atoms with Gasteiger partial charge in [0, 0.05) is 43.5 Å². The Morgan fingerprint density at radius 1 is 1.28 bits per heavy atom. The van der Waals surface area contributed by atoms with E-state index in [0.717, 1.165) is 54.5 Å². The minimum Gasteiger partial charge on any atom is -0.302 e. The third kappa shape index (κ3) is 4.62. The lowest BCUT2D eigenvalue weighted by Gasteiger charge is -2.32. The lowest BCUT2D eigenvalue weighted by molar-refractivity contribution is -0.121. The van der Waals surface area contributed by atoms with Crippen LogP contribution in [-0.2, 0) is 11.8 Å². The van der Waals surface area contributed by atoms with Crippen molar-refractivity contribution >= 4 is 22.8 Å². The van der Waals surface area contributed by atoms with E-state index in [1.54, 1.807) is 10.9 Å². The van der Waals surface area contributed by atoms with E-state index in [4.69, 9.17) is 0 Å². The van der Waals surface area contributed by atoms with Gasteiger partial charge in [-0.1, -0.05) is 26.0 Å². The Morgan fingerprint density at radius 3 is 2.90 bits per heavy atom. The Labute approximate surface area is 171 Å². The van der Waals surface area contributed by atoms with Gasteiger partial charge in [0.1, 0.15) is 0 Å². The Kier molecular flexibility index (Phi) is 5.58. The van der Waals surface area contributed by atoms with Crippen molar-refractivity contribution < 1.29 is 4.79 Å². The fourth-order valence-corrected chi connectivity index (χ4v) is 4.00. The van der Waals surface area contributed by atoms with Gasteiger partial charge in [0.2, 0.25) is 11.9 Å². The van der Waals surface area contributed by atoms with Crippen LogP contribution in [0.15, 0.2) is 36.8 Å². The normalized spacial score (nSPS) is 17.7. The van der Waals surface area contributed by atoms with E-state index in [1.807, 2.05) is 37.6 Å². The van der Waals surface area contributed by atoms with Gasteiger partial charge in [-0.25, -0.2) is 9.97 Å². The first-order valence-electron chi connectivity index (χ1n) is 10.3. The molecule has 0 aliphatic carbocycles. The summed E-state index contributed by atoms with van der Waals surface area (Å²) in [6.07, 6.45) is 7.53. The number of piperidine rings is 1. The molecule has 0 radical (unpaired) electrons. The molecule has 1 fully saturated rings. The monoisotopic (exact) mass is 392 g/mol. The first-order valence-corrected chi connectivity index (χ1v) is 10.3. The maximum Gasteiger partial charge on any atom is 0.231 e. The molecule has 2 aromatic heterocycles. The minimum absolute atomic E-state index is 0.0106. The Hall–Kier alpha value is -2.80. The Balaban J connectivity index is 1.49. The molecule has 7 nitrogen and oxygen atoms in total. The summed E-state index contributed by atoms with van der Waals surface area (Å²) in [5.41, 5.74) is 2.88. The summed E-state index contributed by atoms with van der Waals surface area (Å²) >= 11 is 0. The van der Waals surface area contributed by atoms with E-state index in [1.165, 1.54) is 0 Å². The molecule has 1 saturated heterocycles. The van der Waals surface area contributed by atoms with Crippen molar-refractivity contribution in [3.63, 3.8) is 0 Å². The Bertz CT molecular complexity index is 1010. The van der Waals surface area contributed by atoms with Crippen molar-refractivity contribution in [3.8, 4) is 11.1 Å². The van der Waals surface area contributed by atoms with Crippen molar-refractivity contribution in [3.05, 3.63) is 36.8 Å². The molecule has 1 amide bonds. The van der Waals surface area contributed by atoms with Crippen molar-refractivity contribution in [1.82, 2.24) is 24.6 Å². The van der Waals surface area contributed by atoms with E-state index in [0.29, 0.717) is 11.9 Å². The highest BCUT2D eigenvalue weighted by atomic mass is 16.2. The molecule has 1 N–H and O–H groups in total. The van der Waals surface area contributed by atoms with Gasteiger partial charge >= 0.3 is 0 Å². The Morgan fingerprint density at radius 2 is 2.14 bits per heavy atom. The molecule has 7 heteroatoms. The number of rotatable bonds is 5. The number of aryl methyl sites for hydroxylation is 1. The van der Waals surface area contributed by atoms with Crippen LogP contribution < -0.4 is 5.32 Å². The van der Waals surface area contributed by atoms with Gasteiger partial charge in [-0.2, -0.15) is 5.10 Å². The molecule has 0 unspecified atom stereocenters. The zero-order valence-corrected chi connectivity index (χ0v) is 17.3. The van der Waals surface area contributed by atoms with Crippen LogP contribution in [0.25, 0.3) is 22.0 Å². The van der Waals surface area contributed by atoms with E-state index in [2.05, 4.69) is 39.1 Å². The van der Waals surface area contributed by atoms with Crippen LogP contribution in [0.1, 0.15) is 26.7 Å². The molecule has 1 atom stereocenters. The molecule has 29 heavy (non-hydrogen) atoms. The van der Waals surface area contributed by atoms with Crippen LogP contribution in [-0.4, -0.2) is 50.2 Å². The number of amides is 1. The molecular formula is C22H28N6O. The first kappa shape index (κ1) is 19.5. The molecule has 152 valence electrons. The van der Waals surface area contributed by atoms with Gasteiger partial charge in [-0.3, -0.25) is 14.8 Å². The zero-order chi connectivity index (χ0) is 20.4. The highest BCUT2D eigenvalue weighted by Gasteiger charge is 2.26. The van der Waals surface area contributed by atoms with Crippen LogP contribution in [0.2, 0.25) is 0 Å². The number of carbonyl (C=O) groups excluding carboxylic acids is 1. The largest absolute Gasteiger partial charge is 0.302 e. The summed E-state index contributed by atoms with van der Waals surface area (Å²) in [6, 6.07) is 6.04. The number of anilines is 1. The second kappa shape index (κ2) is 8.29. The predicted octanol–water partition coefficient (Wildman–Crippen LogP) is 3.34. The van der Waals surface area contributed by atoms with Crippen LogP contribution >= 0.6 is 0 Å². The summed E-state index contributed by atoms with van der Waals surface area (Å²) in [5, 5.41) is 8.11. The van der Waals surface area contributed by atoms with Crippen molar-refractivity contribution in [2.75, 3.05) is 25.0 Å². The number of nitrogens with one attached hydrogen (secondary N) is 1. The molecular weight excluding hydrogens is 364 g/mol. The fraction of sp³-hybridized carbons (Fsp3) is 0.455. The summed E-state index contributed by atoms with van der Waals surface area (Å²) < 4.78 is 1.78. The second-order valence-corrected chi connectivity index (χ2v) is 8.35. The fourth-order valence-electron chi connectivity index (χ4n) is 4.00. The summed E-state index contributed by atoms with van der Waals surface area (Å²) in [4.78, 5) is 24.1. The van der Waals surface area contributed by atoms with Crippen molar-refractivity contribution in [1.29, 1.82) is 0 Å². The summed E-state index contributed by atoms with van der Waals surface area (Å²) in [5.74, 6) is 0.978. The van der Waals surface area contributed by atoms with Gasteiger partial charge in [0.25, 0.3) is 0 Å². The molecule has 1 aliphatic rings.